The fraction of sp³-hybridized carbons (Fsp3) is 0.571. The SMILES string of the molecule is CCCC(CC)NCc1ccccc1C. The van der Waals surface area contributed by atoms with Crippen LogP contribution >= 0.6 is 0 Å². The van der Waals surface area contributed by atoms with Crippen LogP contribution in [0.3, 0.4) is 0 Å². The zero-order chi connectivity index (χ0) is 11.1. The van der Waals surface area contributed by atoms with Gasteiger partial charge < -0.3 is 5.32 Å². The van der Waals surface area contributed by atoms with Crippen LogP contribution in [0.5, 0.6) is 0 Å². The van der Waals surface area contributed by atoms with Crippen molar-refractivity contribution in [1.82, 2.24) is 5.32 Å². The molecule has 1 unspecified atom stereocenters. The molecular formula is C14H23N. The number of hydrogen-bond acceptors (Lipinski definition) is 1. The molecule has 1 aromatic carbocycles. The summed E-state index contributed by atoms with van der Waals surface area (Å²) in [6, 6.07) is 9.28. The van der Waals surface area contributed by atoms with Gasteiger partial charge >= 0.3 is 0 Å². The van der Waals surface area contributed by atoms with E-state index in [0.717, 1.165) is 6.54 Å². The molecule has 15 heavy (non-hydrogen) atoms. The minimum atomic E-state index is 0.676. The second-order valence-corrected chi connectivity index (χ2v) is 4.20. The van der Waals surface area contributed by atoms with E-state index in [0.29, 0.717) is 6.04 Å². The van der Waals surface area contributed by atoms with Crippen LogP contribution in [-0.4, -0.2) is 6.04 Å². The lowest BCUT2D eigenvalue weighted by molar-refractivity contribution is 0.462. The average molecular weight is 205 g/mol. The third-order valence-corrected chi connectivity index (χ3v) is 2.97. The fourth-order valence-electron chi connectivity index (χ4n) is 1.86. The van der Waals surface area contributed by atoms with E-state index in [1.165, 1.54) is 30.4 Å². The molecule has 1 atom stereocenters. The molecule has 1 N–H and O–H groups in total. The van der Waals surface area contributed by atoms with Crippen LogP contribution in [0, 0.1) is 6.92 Å². The van der Waals surface area contributed by atoms with E-state index < -0.39 is 0 Å². The molecule has 0 bridgehead atoms. The lowest BCUT2D eigenvalue weighted by Gasteiger charge is -2.16. The predicted octanol–water partition coefficient (Wildman–Crippen LogP) is 3.66. The monoisotopic (exact) mass is 205 g/mol. The van der Waals surface area contributed by atoms with E-state index in [4.69, 9.17) is 0 Å². The van der Waals surface area contributed by atoms with E-state index in [-0.39, 0.29) is 0 Å². The first-order valence-corrected chi connectivity index (χ1v) is 6.05. The highest BCUT2D eigenvalue weighted by Crippen LogP contribution is 2.08. The molecular weight excluding hydrogens is 182 g/mol. The van der Waals surface area contributed by atoms with Crippen LogP contribution in [0.1, 0.15) is 44.2 Å². The molecule has 0 amide bonds. The van der Waals surface area contributed by atoms with Gasteiger partial charge in [-0.2, -0.15) is 0 Å². The number of benzene rings is 1. The highest BCUT2D eigenvalue weighted by Gasteiger charge is 2.04. The van der Waals surface area contributed by atoms with Crippen molar-refractivity contribution in [3.8, 4) is 0 Å². The first kappa shape index (κ1) is 12.3. The molecule has 0 radical (unpaired) electrons. The normalized spacial score (nSPS) is 12.7. The minimum absolute atomic E-state index is 0.676. The largest absolute Gasteiger partial charge is 0.310 e. The standard InChI is InChI=1S/C14H23N/c1-4-8-14(5-2)15-11-13-10-7-6-9-12(13)3/h6-7,9-10,14-15H,4-5,8,11H2,1-3H3. The highest BCUT2D eigenvalue weighted by atomic mass is 14.9. The summed E-state index contributed by atoms with van der Waals surface area (Å²) in [5, 5.41) is 3.63. The van der Waals surface area contributed by atoms with E-state index in [9.17, 15) is 0 Å². The molecule has 0 saturated heterocycles. The van der Waals surface area contributed by atoms with E-state index in [1.807, 2.05) is 0 Å². The van der Waals surface area contributed by atoms with Gasteiger partial charge in [0.15, 0.2) is 0 Å². The Kier molecular flexibility index (Phi) is 5.41. The maximum atomic E-state index is 3.63. The van der Waals surface area contributed by atoms with Crippen molar-refractivity contribution in [3.05, 3.63) is 35.4 Å². The lowest BCUT2D eigenvalue weighted by atomic mass is 10.1. The molecule has 0 spiro atoms. The van der Waals surface area contributed by atoms with E-state index in [2.05, 4.69) is 50.4 Å². The predicted molar refractivity (Wildman–Crippen MR) is 67.0 cm³/mol. The quantitative estimate of drug-likeness (QED) is 0.747. The number of rotatable bonds is 6. The van der Waals surface area contributed by atoms with Crippen molar-refractivity contribution in [2.45, 2.75) is 52.6 Å². The van der Waals surface area contributed by atoms with E-state index >= 15 is 0 Å². The summed E-state index contributed by atoms with van der Waals surface area (Å²) in [6.07, 6.45) is 3.77. The molecule has 1 heteroatoms. The van der Waals surface area contributed by atoms with Crippen molar-refractivity contribution < 1.29 is 0 Å². The summed E-state index contributed by atoms with van der Waals surface area (Å²) in [5.74, 6) is 0. The Labute approximate surface area is 93.9 Å². The Hall–Kier alpha value is -0.820. The summed E-state index contributed by atoms with van der Waals surface area (Å²) >= 11 is 0. The molecule has 1 rings (SSSR count). The van der Waals surface area contributed by atoms with Crippen LogP contribution in [0.4, 0.5) is 0 Å². The van der Waals surface area contributed by atoms with Crippen molar-refractivity contribution in [2.24, 2.45) is 0 Å². The van der Waals surface area contributed by atoms with Crippen LogP contribution < -0.4 is 5.32 Å². The topological polar surface area (TPSA) is 12.0 Å². The highest BCUT2D eigenvalue weighted by molar-refractivity contribution is 5.25. The third-order valence-electron chi connectivity index (χ3n) is 2.97. The zero-order valence-corrected chi connectivity index (χ0v) is 10.2. The first-order valence-electron chi connectivity index (χ1n) is 6.05. The third kappa shape index (κ3) is 4.05. The molecule has 0 aliphatic carbocycles. The molecule has 1 aromatic rings. The van der Waals surface area contributed by atoms with E-state index in [1.54, 1.807) is 0 Å². The Morgan fingerprint density at radius 1 is 1.20 bits per heavy atom. The molecule has 0 heterocycles. The van der Waals surface area contributed by atoms with Gasteiger partial charge in [0.25, 0.3) is 0 Å². The van der Waals surface area contributed by atoms with Crippen molar-refractivity contribution in [2.75, 3.05) is 0 Å². The number of aryl methyl sites for hydroxylation is 1. The van der Waals surface area contributed by atoms with Crippen LogP contribution in [0.15, 0.2) is 24.3 Å². The molecule has 84 valence electrons. The van der Waals surface area contributed by atoms with Crippen molar-refractivity contribution >= 4 is 0 Å². The summed E-state index contributed by atoms with van der Waals surface area (Å²) in [6.45, 7) is 7.69. The van der Waals surface area contributed by atoms with Crippen molar-refractivity contribution in [1.29, 1.82) is 0 Å². The Morgan fingerprint density at radius 3 is 2.53 bits per heavy atom. The Bertz CT molecular complexity index is 280. The Balaban J connectivity index is 2.45. The summed E-state index contributed by atoms with van der Waals surface area (Å²) in [5.41, 5.74) is 2.81. The molecule has 0 aliphatic rings. The molecule has 0 saturated carbocycles. The van der Waals surface area contributed by atoms with Crippen LogP contribution in [0.2, 0.25) is 0 Å². The molecule has 0 aromatic heterocycles. The maximum absolute atomic E-state index is 3.63. The fourth-order valence-corrected chi connectivity index (χ4v) is 1.86. The van der Waals surface area contributed by atoms with Gasteiger partial charge in [0.05, 0.1) is 0 Å². The van der Waals surface area contributed by atoms with Crippen LogP contribution in [-0.2, 0) is 6.54 Å². The van der Waals surface area contributed by atoms with Gasteiger partial charge in [-0.15, -0.1) is 0 Å². The van der Waals surface area contributed by atoms with Gasteiger partial charge in [-0.1, -0.05) is 44.5 Å². The summed E-state index contributed by atoms with van der Waals surface area (Å²) in [7, 11) is 0. The average Bonchev–Trinajstić information content (AvgIpc) is 2.26. The number of hydrogen-bond donors (Lipinski definition) is 1. The van der Waals surface area contributed by atoms with Crippen molar-refractivity contribution in [3.63, 3.8) is 0 Å². The first-order chi connectivity index (χ1) is 7.27. The van der Waals surface area contributed by atoms with Gasteiger partial charge in [-0.3, -0.25) is 0 Å². The smallest absolute Gasteiger partial charge is 0.0210 e. The van der Waals surface area contributed by atoms with Gasteiger partial charge in [-0.25, -0.2) is 0 Å². The minimum Gasteiger partial charge on any atom is -0.310 e. The molecule has 1 nitrogen and oxygen atoms in total. The molecule has 0 aliphatic heterocycles. The molecule has 0 fully saturated rings. The second-order valence-electron chi connectivity index (χ2n) is 4.20. The Morgan fingerprint density at radius 2 is 1.93 bits per heavy atom. The lowest BCUT2D eigenvalue weighted by Crippen LogP contribution is -2.27. The summed E-state index contributed by atoms with van der Waals surface area (Å²) in [4.78, 5) is 0. The van der Waals surface area contributed by atoms with Gasteiger partial charge in [0.1, 0.15) is 0 Å². The zero-order valence-electron chi connectivity index (χ0n) is 10.2. The number of nitrogens with one attached hydrogen (secondary N) is 1. The van der Waals surface area contributed by atoms with Crippen LogP contribution in [0.25, 0.3) is 0 Å². The van der Waals surface area contributed by atoms with Gasteiger partial charge in [-0.05, 0) is 30.9 Å². The maximum Gasteiger partial charge on any atom is 0.0210 e. The second kappa shape index (κ2) is 6.62. The summed E-state index contributed by atoms with van der Waals surface area (Å²) < 4.78 is 0. The van der Waals surface area contributed by atoms with Gasteiger partial charge in [0, 0.05) is 12.6 Å². The van der Waals surface area contributed by atoms with Gasteiger partial charge in [0.2, 0.25) is 0 Å².